The first kappa shape index (κ1) is 18.9. The highest BCUT2D eigenvalue weighted by molar-refractivity contribution is 5.79. The number of likely N-dealkylation sites (N-methyl/N-ethyl adjacent to an activating group) is 1. The molecule has 1 amide bonds. The summed E-state index contributed by atoms with van der Waals surface area (Å²) in [5.41, 5.74) is 3.17. The Labute approximate surface area is 166 Å². The second-order valence-electron chi connectivity index (χ2n) is 7.90. The molecule has 2 aromatic rings. The van der Waals surface area contributed by atoms with E-state index in [0.29, 0.717) is 18.9 Å². The molecule has 1 fully saturated rings. The van der Waals surface area contributed by atoms with Crippen molar-refractivity contribution in [3.8, 4) is 5.75 Å². The summed E-state index contributed by atoms with van der Waals surface area (Å²) in [6, 6.07) is 7.70. The number of fused-ring (bicyclic) bond motifs is 1. The van der Waals surface area contributed by atoms with Gasteiger partial charge in [-0.05, 0) is 44.1 Å². The number of nitrogens with zero attached hydrogens (tertiary/aromatic N) is 4. The van der Waals surface area contributed by atoms with Crippen LogP contribution in [0.3, 0.4) is 0 Å². The first-order valence-electron chi connectivity index (χ1n) is 10.1. The number of ether oxygens (including phenoxy) is 1. The summed E-state index contributed by atoms with van der Waals surface area (Å²) in [5.74, 6) is 2.32. The molecule has 0 bridgehead atoms. The third kappa shape index (κ3) is 4.17. The molecule has 1 saturated heterocycles. The van der Waals surface area contributed by atoms with E-state index >= 15 is 0 Å². The molecular weight excluding hydrogens is 352 g/mol. The van der Waals surface area contributed by atoms with Gasteiger partial charge in [0.1, 0.15) is 11.6 Å². The van der Waals surface area contributed by atoms with Crippen LogP contribution in [0.2, 0.25) is 0 Å². The van der Waals surface area contributed by atoms with Crippen molar-refractivity contribution in [2.75, 3.05) is 33.8 Å². The van der Waals surface area contributed by atoms with Crippen molar-refractivity contribution >= 4 is 5.91 Å². The highest BCUT2D eigenvalue weighted by atomic mass is 16.5. The van der Waals surface area contributed by atoms with Crippen LogP contribution in [0.15, 0.2) is 30.5 Å². The van der Waals surface area contributed by atoms with Gasteiger partial charge in [0.15, 0.2) is 0 Å². The van der Waals surface area contributed by atoms with Gasteiger partial charge in [0.05, 0.1) is 19.2 Å². The SMILES string of the molecule is COc1cccc(CC(=O)N2CCc3nc(C4CCCN(C)C4)ncc3C2)c1. The number of rotatable bonds is 4. The molecule has 0 N–H and O–H groups in total. The summed E-state index contributed by atoms with van der Waals surface area (Å²) in [6.07, 6.45) is 5.50. The lowest BCUT2D eigenvalue weighted by Gasteiger charge is -2.31. The predicted molar refractivity (Wildman–Crippen MR) is 107 cm³/mol. The van der Waals surface area contributed by atoms with Crippen LogP contribution < -0.4 is 4.74 Å². The number of hydrogen-bond donors (Lipinski definition) is 0. The lowest BCUT2D eigenvalue weighted by atomic mass is 9.97. The molecule has 1 atom stereocenters. The number of piperidine rings is 1. The zero-order chi connectivity index (χ0) is 19.5. The molecule has 28 heavy (non-hydrogen) atoms. The molecule has 0 aliphatic carbocycles. The normalized spacial score (nSPS) is 19.9. The number of likely N-dealkylation sites (tertiary alicyclic amines) is 1. The van der Waals surface area contributed by atoms with Gasteiger partial charge < -0.3 is 14.5 Å². The minimum absolute atomic E-state index is 0.136. The minimum Gasteiger partial charge on any atom is -0.497 e. The molecule has 2 aliphatic rings. The molecule has 1 aromatic carbocycles. The Morgan fingerprint density at radius 1 is 1.32 bits per heavy atom. The number of carbonyl (C=O) groups is 1. The molecule has 6 nitrogen and oxygen atoms in total. The molecule has 3 heterocycles. The smallest absolute Gasteiger partial charge is 0.227 e. The summed E-state index contributed by atoms with van der Waals surface area (Å²) >= 11 is 0. The summed E-state index contributed by atoms with van der Waals surface area (Å²) in [5, 5.41) is 0. The number of methoxy groups -OCH3 is 1. The van der Waals surface area contributed by atoms with Crippen molar-refractivity contribution in [3.63, 3.8) is 0 Å². The molecule has 0 spiro atoms. The number of amides is 1. The number of carbonyl (C=O) groups excluding carboxylic acids is 1. The Morgan fingerprint density at radius 2 is 2.21 bits per heavy atom. The van der Waals surface area contributed by atoms with Gasteiger partial charge in [0.25, 0.3) is 0 Å². The van der Waals surface area contributed by atoms with Gasteiger partial charge in [-0.2, -0.15) is 0 Å². The van der Waals surface area contributed by atoms with Gasteiger partial charge in [-0.3, -0.25) is 4.79 Å². The zero-order valence-corrected chi connectivity index (χ0v) is 16.7. The van der Waals surface area contributed by atoms with E-state index < -0.39 is 0 Å². The van der Waals surface area contributed by atoms with Gasteiger partial charge in [-0.25, -0.2) is 9.97 Å². The van der Waals surface area contributed by atoms with E-state index in [1.165, 1.54) is 6.42 Å². The van der Waals surface area contributed by atoms with E-state index in [9.17, 15) is 4.79 Å². The average molecular weight is 380 g/mol. The van der Waals surface area contributed by atoms with Crippen LogP contribution in [0.25, 0.3) is 0 Å². The molecule has 1 aromatic heterocycles. The lowest BCUT2D eigenvalue weighted by Crippen LogP contribution is -2.38. The fourth-order valence-electron chi connectivity index (χ4n) is 4.19. The molecule has 2 aliphatic heterocycles. The molecule has 4 rings (SSSR count). The first-order chi connectivity index (χ1) is 13.6. The molecule has 148 valence electrons. The Kier molecular flexibility index (Phi) is 5.57. The average Bonchev–Trinajstić information content (AvgIpc) is 2.73. The second-order valence-corrected chi connectivity index (χ2v) is 7.90. The number of aromatic nitrogens is 2. The molecule has 0 radical (unpaired) electrons. The highest BCUT2D eigenvalue weighted by Gasteiger charge is 2.26. The van der Waals surface area contributed by atoms with Gasteiger partial charge in [0.2, 0.25) is 5.91 Å². The van der Waals surface area contributed by atoms with E-state index in [1.54, 1.807) is 7.11 Å². The van der Waals surface area contributed by atoms with Crippen molar-refractivity contribution in [2.45, 2.75) is 38.1 Å². The number of hydrogen-bond acceptors (Lipinski definition) is 5. The van der Waals surface area contributed by atoms with Crippen molar-refractivity contribution in [3.05, 3.63) is 53.1 Å². The molecule has 1 unspecified atom stereocenters. The van der Waals surface area contributed by atoms with Gasteiger partial charge in [-0.1, -0.05) is 12.1 Å². The largest absolute Gasteiger partial charge is 0.497 e. The summed E-state index contributed by atoms with van der Waals surface area (Å²) in [6.45, 7) is 3.51. The summed E-state index contributed by atoms with van der Waals surface area (Å²) in [7, 11) is 3.80. The van der Waals surface area contributed by atoms with Crippen LogP contribution in [0.4, 0.5) is 0 Å². The lowest BCUT2D eigenvalue weighted by molar-refractivity contribution is -0.131. The van der Waals surface area contributed by atoms with E-state index in [4.69, 9.17) is 9.72 Å². The van der Waals surface area contributed by atoms with Gasteiger partial charge >= 0.3 is 0 Å². The quantitative estimate of drug-likeness (QED) is 0.815. The van der Waals surface area contributed by atoms with Gasteiger partial charge in [-0.15, -0.1) is 0 Å². The maximum Gasteiger partial charge on any atom is 0.227 e. The fourth-order valence-corrected chi connectivity index (χ4v) is 4.19. The maximum atomic E-state index is 12.8. The monoisotopic (exact) mass is 380 g/mol. The van der Waals surface area contributed by atoms with Crippen LogP contribution in [-0.4, -0.2) is 59.5 Å². The van der Waals surface area contributed by atoms with Crippen molar-refractivity contribution in [1.29, 1.82) is 0 Å². The minimum atomic E-state index is 0.136. The van der Waals surface area contributed by atoms with E-state index in [2.05, 4.69) is 16.9 Å². The predicted octanol–water partition coefficient (Wildman–Crippen LogP) is 2.42. The fraction of sp³-hybridized carbons (Fsp3) is 0.500. The first-order valence-corrected chi connectivity index (χ1v) is 10.1. The third-order valence-electron chi connectivity index (χ3n) is 5.78. The van der Waals surface area contributed by atoms with Crippen molar-refractivity contribution < 1.29 is 9.53 Å². The van der Waals surface area contributed by atoms with Crippen molar-refractivity contribution in [2.24, 2.45) is 0 Å². The standard InChI is InChI=1S/C22H28N4O2/c1-25-9-4-6-17(14-25)22-23-13-18-15-26(10-8-20(18)24-22)21(27)12-16-5-3-7-19(11-16)28-2/h3,5,7,11,13,17H,4,6,8-10,12,14-15H2,1-2H3. The molecule has 0 saturated carbocycles. The Hall–Kier alpha value is -2.47. The van der Waals surface area contributed by atoms with Crippen LogP contribution in [-0.2, 0) is 24.2 Å². The summed E-state index contributed by atoms with van der Waals surface area (Å²) in [4.78, 5) is 26.6. The van der Waals surface area contributed by atoms with Crippen molar-refractivity contribution in [1.82, 2.24) is 19.8 Å². The van der Waals surface area contributed by atoms with Crippen LogP contribution in [0.1, 0.15) is 41.4 Å². The van der Waals surface area contributed by atoms with Crippen LogP contribution >= 0.6 is 0 Å². The van der Waals surface area contributed by atoms with Crippen LogP contribution in [0, 0.1) is 0 Å². The van der Waals surface area contributed by atoms with Gasteiger partial charge in [0, 0.05) is 43.7 Å². The summed E-state index contributed by atoms with van der Waals surface area (Å²) < 4.78 is 5.25. The Bertz CT molecular complexity index is 854. The maximum absolute atomic E-state index is 12.8. The van der Waals surface area contributed by atoms with E-state index in [-0.39, 0.29) is 5.91 Å². The Balaban J connectivity index is 1.42. The van der Waals surface area contributed by atoms with Crippen LogP contribution in [0.5, 0.6) is 5.75 Å². The topological polar surface area (TPSA) is 58.6 Å². The van der Waals surface area contributed by atoms with E-state index in [0.717, 1.165) is 60.9 Å². The highest BCUT2D eigenvalue weighted by Crippen LogP contribution is 2.26. The molecular formula is C22H28N4O2. The number of benzene rings is 1. The van der Waals surface area contributed by atoms with E-state index in [1.807, 2.05) is 35.4 Å². The third-order valence-corrected chi connectivity index (χ3v) is 5.78. The second kappa shape index (κ2) is 8.27. The zero-order valence-electron chi connectivity index (χ0n) is 16.7. The Morgan fingerprint density at radius 3 is 3.04 bits per heavy atom. The molecule has 6 heteroatoms.